The first kappa shape index (κ1) is 12.7. The van der Waals surface area contributed by atoms with Crippen molar-refractivity contribution in [3.63, 3.8) is 0 Å². The Morgan fingerprint density at radius 1 is 1.45 bits per heavy atom. The molecule has 3 rings (SSSR count). The van der Waals surface area contributed by atoms with E-state index in [9.17, 15) is 0 Å². The molecule has 2 aromatic rings. The fourth-order valence-electron chi connectivity index (χ4n) is 1.93. The van der Waals surface area contributed by atoms with E-state index in [1.165, 1.54) is 12.8 Å². The minimum Gasteiger partial charge on any atom is -0.493 e. The average Bonchev–Trinajstić information content (AvgIpc) is 3.20. The topological polar surface area (TPSA) is 65.4 Å². The summed E-state index contributed by atoms with van der Waals surface area (Å²) in [6.45, 7) is 2.67. The Balaban J connectivity index is 1.77. The molecule has 5 heteroatoms. The Kier molecular flexibility index (Phi) is 3.41. The summed E-state index contributed by atoms with van der Waals surface area (Å²) in [5.74, 6) is 1.97. The molecule has 0 amide bonds. The number of para-hydroxylation sites is 1. The van der Waals surface area contributed by atoms with Crippen LogP contribution in [0.25, 0.3) is 0 Å². The highest BCUT2D eigenvalue weighted by Crippen LogP contribution is 2.30. The van der Waals surface area contributed by atoms with Crippen molar-refractivity contribution in [3.05, 3.63) is 41.7 Å². The number of ether oxygens (including phenoxy) is 1. The van der Waals surface area contributed by atoms with Crippen molar-refractivity contribution < 1.29 is 4.74 Å². The molecule has 0 atom stereocenters. The van der Waals surface area contributed by atoms with Crippen LogP contribution in [0.4, 0.5) is 5.95 Å². The van der Waals surface area contributed by atoms with Gasteiger partial charge in [0.1, 0.15) is 5.75 Å². The van der Waals surface area contributed by atoms with Crippen LogP contribution in [-0.2, 0) is 0 Å². The quantitative estimate of drug-likeness (QED) is 0.849. The summed E-state index contributed by atoms with van der Waals surface area (Å²) in [6, 6.07) is 7.88. The number of nitrogen functional groups attached to an aromatic ring is 1. The third-order valence-electron chi connectivity index (χ3n) is 3.25. The Morgan fingerprint density at radius 3 is 2.95 bits per heavy atom. The van der Waals surface area contributed by atoms with Gasteiger partial charge in [-0.1, -0.05) is 12.1 Å². The zero-order chi connectivity index (χ0) is 13.9. The summed E-state index contributed by atoms with van der Waals surface area (Å²) in [5, 5.41) is 4.32. The van der Waals surface area contributed by atoms with Gasteiger partial charge in [-0.15, -0.1) is 0 Å². The highest BCUT2D eigenvalue weighted by molar-refractivity contribution is 5.83. The molecule has 104 valence electrons. The van der Waals surface area contributed by atoms with Gasteiger partial charge in [-0.25, -0.2) is 9.66 Å². The van der Waals surface area contributed by atoms with Gasteiger partial charge in [-0.2, -0.15) is 5.10 Å². The second-order valence-corrected chi connectivity index (χ2v) is 5.12. The lowest BCUT2D eigenvalue weighted by molar-refractivity contribution is 0.299. The third-order valence-corrected chi connectivity index (χ3v) is 3.25. The SMILES string of the molecule is Cc1cn(N=Cc2ccccc2OCC2CC2)c(N)n1. The predicted octanol–water partition coefficient (Wildman–Crippen LogP) is 2.44. The Hall–Kier alpha value is -2.30. The van der Waals surface area contributed by atoms with Crippen LogP contribution in [-0.4, -0.2) is 22.5 Å². The number of hydrogen-bond donors (Lipinski definition) is 1. The lowest BCUT2D eigenvalue weighted by Crippen LogP contribution is -2.02. The standard InChI is InChI=1S/C15H18N4O/c1-11-9-19(15(16)18-11)17-8-13-4-2-3-5-14(13)20-10-12-6-7-12/h2-5,8-9,12H,6-7,10H2,1H3,(H2,16,18). The smallest absolute Gasteiger partial charge is 0.221 e. The van der Waals surface area contributed by atoms with Crippen molar-refractivity contribution in [3.8, 4) is 5.75 Å². The molecule has 0 radical (unpaired) electrons. The van der Waals surface area contributed by atoms with Crippen LogP contribution >= 0.6 is 0 Å². The van der Waals surface area contributed by atoms with Crippen LogP contribution in [0, 0.1) is 12.8 Å². The van der Waals surface area contributed by atoms with Crippen LogP contribution in [0.15, 0.2) is 35.6 Å². The van der Waals surface area contributed by atoms with E-state index in [4.69, 9.17) is 10.5 Å². The molecule has 1 fully saturated rings. The van der Waals surface area contributed by atoms with Crippen LogP contribution in [0.2, 0.25) is 0 Å². The summed E-state index contributed by atoms with van der Waals surface area (Å²) in [7, 11) is 0. The maximum Gasteiger partial charge on any atom is 0.221 e. The van der Waals surface area contributed by atoms with E-state index in [-0.39, 0.29) is 0 Å². The first-order chi connectivity index (χ1) is 9.72. The molecule has 0 aliphatic heterocycles. The number of anilines is 1. The number of rotatable bonds is 5. The summed E-state index contributed by atoms with van der Waals surface area (Å²) in [5.41, 5.74) is 7.55. The summed E-state index contributed by atoms with van der Waals surface area (Å²) in [6.07, 6.45) is 6.10. The average molecular weight is 270 g/mol. The monoisotopic (exact) mass is 270 g/mol. The van der Waals surface area contributed by atoms with E-state index in [1.54, 1.807) is 17.1 Å². The highest BCUT2D eigenvalue weighted by atomic mass is 16.5. The van der Waals surface area contributed by atoms with Gasteiger partial charge in [0.25, 0.3) is 0 Å². The Morgan fingerprint density at radius 2 is 2.25 bits per heavy atom. The summed E-state index contributed by atoms with van der Waals surface area (Å²) in [4.78, 5) is 4.11. The molecular formula is C15H18N4O. The minimum absolute atomic E-state index is 0.384. The minimum atomic E-state index is 0.384. The van der Waals surface area contributed by atoms with Gasteiger partial charge in [0.15, 0.2) is 0 Å². The van der Waals surface area contributed by atoms with Crippen LogP contribution in [0.5, 0.6) is 5.75 Å². The van der Waals surface area contributed by atoms with Crippen LogP contribution in [0.1, 0.15) is 24.1 Å². The molecule has 1 aromatic heterocycles. The first-order valence-corrected chi connectivity index (χ1v) is 6.80. The van der Waals surface area contributed by atoms with Gasteiger partial charge in [-0.3, -0.25) is 0 Å². The van der Waals surface area contributed by atoms with Crippen molar-refractivity contribution in [1.82, 2.24) is 9.66 Å². The van der Waals surface area contributed by atoms with E-state index in [2.05, 4.69) is 10.1 Å². The molecule has 20 heavy (non-hydrogen) atoms. The molecule has 1 saturated carbocycles. The van der Waals surface area contributed by atoms with Gasteiger partial charge in [-0.05, 0) is 37.8 Å². The fraction of sp³-hybridized carbons (Fsp3) is 0.333. The Labute approximate surface area is 118 Å². The van der Waals surface area contributed by atoms with Crippen molar-refractivity contribution >= 4 is 12.2 Å². The highest BCUT2D eigenvalue weighted by Gasteiger charge is 2.22. The van der Waals surface area contributed by atoms with Crippen molar-refractivity contribution in [2.24, 2.45) is 11.0 Å². The third kappa shape index (κ3) is 2.99. The maximum atomic E-state index is 5.84. The predicted molar refractivity (Wildman–Crippen MR) is 79.0 cm³/mol. The lowest BCUT2D eigenvalue weighted by Gasteiger charge is -2.07. The molecule has 1 aliphatic carbocycles. The molecule has 1 aliphatic rings. The van der Waals surface area contributed by atoms with E-state index in [0.29, 0.717) is 5.95 Å². The summed E-state index contributed by atoms with van der Waals surface area (Å²) >= 11 is 0. The van der Waals surface area contributed by atoms with Gasteiger partial charge in [0, 0.05) is 5.56 Å². The van der Waals surface area contributed by atoms with E-state index < -0.39 is 0 Å². The molecule has 5 nitrogen and oxygen atoms in total. The molecule has 1 aromatic carbocycles. The van der Waals surface area contributed by atoms with Gasteiger partial charge in [0.2, 0.25) is 5.95 Å². The number of hydrogen-bond acceptors (Lipinski definition) is 4. The lowest BCUT2D eigenvalue weighted by atomic mass is 10.2. The number of nitrogens with two attached hydrogens (primary N) is 1. The summed E-state index contributed by atoms with van der Waals surface area (Å²) < 4.78 is 7.40. The number of imidazole rings is 1. The van der Waals surface area contributed by atoms with Crippen molar-refractivity contribution in [2.75, 3.05) is 12.3 Å². The number of benzene rings is 1. The largest absolute Gasteiger partial charge is 0.493 e. The van der Waals surface area contributed by atoms with Crippen molar-refractivity contribution in [1.29, 1.82) is 0 Å². The van der Waals surface area contributed by atoms with E-state index in [1.807, 2.05) is 31.2 Å². The normalized spacial score (nSPS) is 14.8. The molecule has 0 unspecified atom stereocenters. The van der Waals surface area contributed by atoms with E-state index >= 15 is 0 Å². The van der Waals surface area contributed by atoms with E-state index in [0.717, 1.165) is 29.5 Å². The molecule has 0 bridgehead atoms. The second kappa shape index (κ2) is 5.36. The number of aryl methyl sites for hydroxylation is 1. The fourth-order valence-corrected chi connectivity index (χ4v) is 1.93. The molecule has 2 N–H and O–H groups in total. The first-order valence-electron chi connectivity index (χ1n) is 6.80. The Bertz CT molecular complexity index is 629. The molecular weight excluding hydrogens is 252 g/mol. The molecule has 0 saturated heterocycles. The van der Waals surface area contributed by atoms with Crippen LogP contribution < -0.4 is 10.5 Å². The van der Waals surface area contributed by atoms with Crippen molar-refractivity contribution in [2.45, 2.75) is 19.8 Å². The zero-order valence-electron chi connectivity index (χ0n) is 11.5. The zero-order valence-corrected chi connectivity index (χ0v) is 11.5. The number of aromatic nitrogens is 2. The van der Waals surface area contributed by atoms with Crippen LogP contribution in [0.3, 0.4) is 0 Å². The molecule has 1 heterocycles. The number of nitrogens with zero attached hydrogens (tertiary/aromatic N) is 3. The van der Waals surface area contributed by atoms with Gasteiger partial charge < -0.3 is 10.5 Å². The van der Waals surface area contributed by atoms with Gasteiger partial charge >= 0.3 is 0 Å². The second-order valence-electron chi connectivity index (χ2n) is 5.12. The van der Waals surface area contributed by atoms with Gasteiger partial charge in [0.05, 0.1) is 24.7 Å². The molecule has 0 spiro atoms. The maximum absolute atomic E-state index is 5.84.